The van der Waals surface area contributed by atoms with E-state index in [0.29, 0.717) is 16.9 Å². The molecule has 0 spiro atoms. The van der Waals surface area contributed by atoms with Crippen LogP contribution in [-0.2, 0) is 16.0 Å². The van der Waals surface area contributed by atoms with E-state index in [1.54, 1.807) is 35.6 Å². The smallest absolute Gasteiger partial charge is 0.243 e. The largest absolute Gasteiger partial charge is 0.347 e. The van der Waals surface area contributed by atoms with Gasteiger partial charge in [-0.15, -0.1) is 17.8 Å². The lowest BCUT2D eigenvalue weighted by atomic mass is 10.2. The average molecular weight is 381 g/mol. The molecule has 7 heteroatoms. The average Bonchev–Trinajstić information content (AvgIpc) is 3.31. The Morgan fingerprint density at radius 3 is 2.85 bits per heavy atom. The van der Waals surface area contributed by atoms with E-state index in [2.05, 4.69) is 21.5 Å². The summed E-state index contributed by atoms with van der Waals surface area (Å²) in [6, 6.07) is 8.96. The summed E-state index contributed by atoms with van der Waals surface area (Å²) in [6.07, 6.45) is 5.47. The second-order valence-corrected chi connectivity index (χ2v) is 7.02. The highest BCUT2D eigenvalue weighted by Gasteiger charge is 2.11. The molecule has 0 aliphatic carbocycles. The lowest BCUT2D eigenvalue weighted by Gasteiger charge is -2.07. The lowest BCUT2D eigenvalue weighted by molar-refractivity contribution is -0.123. The van der Waals surface area contributed by atoms with Crippen molar-refractivity contribution in [1.82, 2.24) is 10.3 Å². The minimum Gasteiger partial charge on any atom is -0.347 e. The van der Waals surface area contributed by atoms with Gasteiger partial charge in [0.05, 0.1) is 18.7 Å². The van der Waals surface area contributed by atoms with Crippen LogP contribution in [-0.4, -0.2) is 23.3 Å². The summed E-state index contributed by atoms with van der Waals surface area (Å²) in [5.74, 6) is 1.94. The van der Waals surface area contributed by atoms with E-state index >= 15 is 0 Å². The van der Waals surface area contributed by atoms with Crippen molar-refractivity contribution in [3.63, 3.8) is 0 Å². The van der Waals surface area contributed by atoms with E-state index < -0.39 is 0 Å². The van der Waals surface area contributed by atoms with Crippen LogP contribution in [0.4, 0.5) is 5.69 Å². The Kier molecular flexibility index (Phi) is 5.79. The molecule has 0 saturated heterocycles. The van der Waals surface area contributed by atoms with Crippen molar-refractivity contribution in [3.05, 3.63) is 57.7 Å². The van der Waals surface area contributed by atoms with Crippen molar-refractivity contribution in [1.29, 1.82) is 0 Å². The predicted molar refractivity (Wildman–Crippen MR) is 105 cm³/mol. The number of nitrogens with one attached hydrogen (secondary N) is 2. The molecule has 3 rings (SSSR count). The second kappa shape index (κ2) is 8.43. The molecule has 3 aromatic rings. The summed E-state index contributed by atoms with van der Waals surface area (Å²) >= 11 is 3.10. The van der Waals surface area contributed by atoms with Crippen molar-refractivity contribution in [2.45, 2.75) is 6.42 Å². The van der Waals surface area contributed by atoms with E-state index in [1.165, 1.54) is 11.3 Å². The first-order valence-corrected chi connectivity index (χ1v) is 9.56. The van der Waals surface area contributed by atoms with E-state index in [9.17, 15) is 9.59 Å². The molecule has 0 fully saturated rings. The van der Waals surface area contributed by atoms with Gasteiger partial charge < -0.3 is 10.6 Å². The second-order valence-electron chi connectivity index (χ2n) is 5.38. The van der Waals surface area contributed by atoms with E-state index in [-0.39, 0.29) is 24.8 Å². The Hall–Kier alpha value is -2.95. The van der Waals surface area contributed by atoms with E-state index in [4.69, 9.17) is 6.42 Å². The van der Waals surface area contributed by atoms with Gasteiger partial charge in [0.2, 0.25) is 11.8 Å². The number of amides is 2. The Morgan fingerprint density at radius 2 is 2.08 bits per heavy atom. The fourth-order valence-corrected chi connectivity index (χ4v) is 3.74. The number of benzene rings is 1. The highest BCUT2D eigenvalue weighted by Crippen LogP contribution is 2.25. The Balaban J connectivity index is 1.48. The number of rotatable bonds is 6. The Morgan fingerprint density at radius 1 is 1.19 bits per heavy atom. The Bertz CT molecular complexity index is 955. The van der Waals surface area contributed by atoms with Gasteiger partial charge in [0.1, 0.15) is 5.01 Å². The van der Waals surface area contributed by atoms with Gasteiger partial charge in [0.25, 0.3) is 0 Å². The maximum Gasteiger partial charge on any atom is 0.243 e. The fraction of sp³-hybridized carbons (Fsp3) is 0.105. The van der Waals surface area contributed by atoms with Gasteiger partial charge >= 0.3 is 0 Å². The molecule has 2 aromatic heterocycles. The number of hydrogen-bond donors (Lipinski definition) is 2. The van der Waals surface area contributed by atoms with Gasteiger partial charge in [-0.05, 0) is 29.6 Å². The van der Waals surface area contributed by atoms with Crippen LogP contribution in [0.25, 0.3) is 10.6 Å². The normalized spacial score (nSPS) is 10.1. The van der Waals surface area contributed by atoms with Crippen molar-refractivity contribution in [2.24, 2.45) is 0 Å². The molecule has 26 heavy (non-hydrogen) atoms. The standard InChI is InChI=1S/C19H15N3O2S2/c1-2-13-4-3-5-15(8-13)21-18(24)10-20-17(23)9-16-12-26-19(22-16)14-6-7-25-11-14/h1,3-8,11-12H,9-10H2,(H,20,23)(H,21,24). The van der Waals surface area contributed by atoms with Crippen molar-refractivity contribution in [3.8, 4) is 22.9 Å². The molecule has 0 radical (unpaired) electrons. The number of carbonyl (C=O) groups excluding carboxylic acids is 2. The van der Waals surface area contributed by atoms with Crippen LogP contribution < -0.4 is 10.6 Å². The molecule has 130 valence electrons. The molecule has 5 nitrogen and oxygen atoms in total. The first kappa shape index (κ1) is 17.9. The van der Waals surface area contributed by atoms with Crippen LogP contribution in [0.5, 0.6) is 0 Å². The van der Waals surface area contributed by atoms with Crippen LogP contribution in [0.3, 0.4) is 0 Å². The van der Waals surface area contributed by atoms with Crippen LogP contribution >= 0.6 is 22.7 Å². The maximum absolute atomic E-state index is 12.0. The zero-order valence-electron chi connectivity index (χ0n) is 13.7. The van der Waals surface area contributed by atoms with Crippen LogP contribution in [0.1, 0.15) is 11.3 Å². The maximum atomic E-state index is 12.0. The van der Waals surface area contributed by atoms with Crippen LogP contribution in [0, 0.1) is 12.3 Å². The topological polar surface area (TPSA) is 71.1 Å². The number of hydrogen-bond acceptors (Lipinski definition) is 5. The van der Waals surface area contributed by atoms with Gasteiger partial charge in [0, 0.05) is 27.6 Å². The summed E-state index contributed by atoms with van der Waals surface area (Å²) in [7, 11) is 0. The third-order valence-corrected chi connectivity index (χ3v) is 5.04. The number of thiophene rings is 1. The molecular weight excluding hydrogens is 366 g/mol. The number of terminal acetylenes is 1. The SMILES string of the molecule is C#Cc1cccc(NC(=O)CNC(=O)Cc2csc(-c3ccsc3)n2)c1. The minimum atomic E-state index is -0.315. The molecule has 0 atom stereocenters. The highest BCUT2D eigenvalue weighted by atomic mass is 32.1. The van der Waals surface area contributed by atoms with E-state index in [0.717, 1.165) is 10.6 Å². The van der Waals surface area contributed by atoms with Crippen LogP contribution in [0.2, 0.25) is 0 Å². The minimum absolute atomic E-state index is 0.110. The first-order chi connectivity index (χ1) is 12.6. The number of anilines is 1. The summed E-state index contributed by atoms with van der Waals surface area (Å²) in [5, 5.41) is 12.0. The van der Waals surface area contributed by atoms with Gasteiger partial charge in [-0.2, -0.15) is 11.3 Å². The molecule has 0 bridgehead atoms. The monoisotopic (exact) mass is 381 g/mol. The molecule has 0 saturated carbocycles. The molecule has 2 heterocycles. The third kappa shape index (κ3) is 4.79. The number of aromatic nitrogens is 1. The van der Waals surface area contributed by atoms with Crippen molar-refractivity contribution in [2.75, 3.05) is 11.9 Å². The van der Waals surface area contributed by atoms with Crippen molar-refractivity contribution < 1.29 is 9.59 Å². The van der Waals surface area contributed by atoms with Gasteiger partial charge in [0.15, 0.2) is 0 Å². The molecular formula is C19H15N3O2S2. The molecule has 0 aliphatic rings. The highest BCUT2D eigenvalue weighted by molar-refractivity contribution is 7.14. The lowest BCUT2D eigenvalue weighted by Crippen LogP contribution is -2.33. The van der Waals surface area contributed by atoms with Gasteiger partial charge in [-0.25, -0.2) is 4.98 Å². The summed E-state index contributed by atoms with van der Waals surface area (Å²) in [4.78, 5) is 28.4. The predicted octanol–water partition coefficient (Wildman–Crippen LogP) is 3.15. The summed E-state index contributed by atoms with van der Waals surface area (Å²) in [6.45, 7) is -0.110. The Labute approximate surface area is 159 Å². The fourth-order valence-electron chi connectivity index (χ4n) is 2.20. The number of thiazole rings is 1. The quantitative estimate of drug-likeness (QED) is 0.645. The van der Waals surface area contributed by atoms with Gasteiger partial charge in [-0.1, -0.05) is 12.0 Å². The zero-order chi connectivity index (χ0) is 18.4. The molecule has 2 amide bonds. The number of carbonyl (C=O) groups is 2. The summed E-state index contributed by atoms with van der Waals surface area (Å²) in [5.41, 5.74) is 3.02. The molecule has 1 aromatic carbocycles. The molecule has 0 aliphatic heterocycles. The summed E-state index contributed by atoms with van der Waals surface area (Å²) < 4.78 is 0. The van der Waals surface area contributed by atoms with E-state index in [1.807, 2.05) is 22.2 Å². The molecule has 2 N–H and O–H groups in total. The van der Waals surface area contributed by atoms with Gasteiger partial charge in [-0.3, -0.25) is 9.59 Å². The molecule has 0 unspecified atom stereocenters. The number of nitrogens with zero attached hydrogens (tertiary/aromatic N) is 1. The third-order valence-electron chi connectivity index (χ3n) is 3.42. The zero-order valence-corrected chi connectivity index (χ0v) is 15.3. The van der Waals surface area contributed by atoms with Crippen LogP contribution in [0.15, 0.2) is 46.5 Å². The first-order valence-electron chi connectivity index (χ1n) is 7.74. The van der Waals surface area contributed by atoms with Crippen molar-refractivity contribution >= 4 is 40.2 Å².